The SMILES string of the molecule is O=C(c1ccccc1-c1ccccn1)N1CC2CC(Oc3ccc(C(F)(F)F)cn3)C1C2. The smallest absolute Gasteiger partial charge is 0.417 e. The molecule has 0 spiro atoms. The van der Waals surface area contributed by atoms with Crippen molar-refractivity contribution >= 4 is 5.91 Å². The second kappa shape index (κ2) is 7.93. The number of hydrogen-bond acceptors (Lipinski definition) is 4. The van der Waals surface area contributed by atoms with E-state index >= 15 is 0 Å². The van der Waals surface area contributed by atoms with Crippen LogP contribution in [0.25, 0.3) is 11.3 Å². The lowest BCUT2D eigenvalue weighted by Gasteiger charge is -2.33. The second-order valence-electron chi connectivity index (χ2n) is 8.16. The second-order valence-corrected chi connectivity index (χ2v) is 8.16. The number of amides is 1. The Bertz CT molecular complexity index is 1120. The van der Waals surface area contributed by atoms with E-state index in [4.69, 9.17) is 4.74 Å². The highest BCUT2D eigenvalue weighted by Gasteiger charge is 2.48. The van der Waals surface area contributed by atoms with E-state index in [1.165, 1.54) is 6.07 Å². The highest BCUT2D eigenvalue weighted by atomic mass is 19.4. The summed E-state index contributed by atoms with van der Waals surface area (Å²) in [4.78, 5) is 23.5. The van der Waals surface area contributed by atoms with Gasteiger partial charge in [-0.05, 0) is 43.0 Å². The standard InChI is InChI=1S/C24H20F3N3O2/c25-24(26,27)16-8-9-22(29-13-16)32-21-12-15-11-20(21)30(14-15)23(31)18-6-2-1-5-17(18)19-7-3-4-10-28-19/h1-10,13,15,20-21H,11-12,14H2. The lowest BCUT2D eigenvalue weighted by Crippen LogP contribution is -2.47. The number of carbonyl (C=O) groups is 1. The van der Waals surface area contributed by atoms with Gasteiger partial charge in [0.1, 0.15) is 6.10 Å². The predicted octanol–water partition coefficient (Wildman–Crippen LogP) is 4.84. The number of halogens is 3. The molecule has 1 amide bonds. The summed E-state index contributed by atoms with van der Waals surface area (Å²) < 4.78 is 44.2. The first-order valence-electron chi connectivity index (χ1n) is 10.4. The predicted molar refractivity (Wildman–Crippen MR) is 111 cm³/mol. The Kier molecular flexibility index (Phi) is 5.07. The van der Waals surface area contributed by atoms with Crippen LogP contribution in [-0.4, -0.2) is 39.5 Å². The molecule has 3 aromatic rings. The molecule has 1 aliphatic heterocycles. The summed E-state index contributed by atoms with van der Waals surface area (Å²) in [5.41, 5.74) is 1.25. The summed E-state index contributed by atoms with van der Waals surface area (Å²) in [5, 5.41) is 0. The zero-order valence-electron chi connectivity index (χ0n) is 17.0. The number of ether oxygens (including phenoxy) is 1. The first-order chi connectivity index (χ1) is 15.4. The van der Waals surface area contributed by atoms with Gasteiger partial charge in [-0.15, -0.1) is 0 Å². The maximum atomic E-state index is 13.5. The number of benzene rings is 1. The average molecular weight is 439 g/mol. The summed E-state index contributed by atoms with van der Waals surface area (Å²) >= 11 is 0. The third kappa shape index (κ3) is 3.81. The number of nitrogens with zero attached hydrogens (tertiary/aromatic N) is 3. The minimum absolute atomic E-state index is 0.0903. The molecule has 3 unspecified atom stereocenters. The van der Waals surface area contributed by atoms with Crippen molar-refractivity contribution in [2.75, 3.05) is 6.54 Å². The number of likely N-dealkylation sites (tertiary alicyclic amines) is 1. The van der Waals surface area contributed by atoms with Gasteiger partial charge in [-0.1, -0.05) is 24.3 Å². The van der Waals surface area contributed by atoms with Gasteiger partial charge in [-0.25, -0.2) is 4.98 Å². The Morgan fingerprint density at radius 1 is 1.00 bits per heavy atom. The van der Waals surface area contributed by atoms with Gasteiger partial charge in [0, 0.05) is 36.1 Å². The molecule has 2 aromatic heterocycles. The maximum Gasteiger partial charge on any atom is 0.417 e. The van der Waals surface area contributed by atoms with Crippen LogP contribution >= 0.6 is 0 Å². The van der Waals surface area contributed by atoms with E-state index in [-0.39, 0.29) is 23.9 Å². The number of piperidine rings is 1. The molecule has 3 heterocycles. The van der Waals surface area contributed by atoms with E-state index in [1.54, 1.807) is 12.3 Å². The molecule has 1 aliphatic carbocycles. The first kappa shape index (κ1) is 20.5. The number of fused-ring (bicyclic) bond motifs is 2. The van der Waals surface area contributed by atoms with Crippen molar-refractivity contribution in [2.45, 2.75) is 31.2 Å². The monoisotopic (exact) mass is 439 g/mol. The van der Waals surface area contributed by atoms with Crippen LogP contribution in [0.5, 0.6) is 5.88 Å². The lowest BCUT2D eigenvalue weighted by atomic mass is 10.0. The number of pyridine rings is 2. The van der Waals surface area contributed by atoms with E-state index in [1.807, 2.05) is 41.3 Å². The summed E-state index contributed by atoms with van der Waals surface area (Å²) in [7, 11) is 0. The van der Waals surface area contributed by atoms with Crippen molar-refractivity contribution in [3.8, 4) is 17.1 Å². The maximum absolute atomic E-state index is 13.5. The van der Waals surface area contributed by atoms with Gasteiger partial charge in [-0.3, -0.25) is 9.78 Å². The highest BCUT2D eigenvalue weighted by molar-refractivity contribution is 6.00. The van der Waals surface area contributed by atoms with E-state index in [9.17, 15) is 18.0 Å². The average Bonchev–Trinajstić information content (AvgIpc) is 3.40. The van der Waals surface area contributed by atoms with Gasteiger partial charge in [0.05, 0.1) is 17.3 Å². The number of hydrogen-bond donors (Lipinski definition) is 0. The Morgan fingerprint density at radius 2 is 1.81 bits per heavy atom. The number of aromatic nitrogens is 2. The van der Waals surface area contributed by atoms with Gasteiger partial charge in [-0.2, -0.15) is 13.2 Å². The summed E-state index contributed by atoms with van der Waals surface area (Å²) in [6.45, 7) is 0.639. The van der Waals surface area contributed by atoms with Gasteiger partial charge in [0.2, 0.25) is 5.88 Å². The Balaban J connectivity index is 1.35. The fourth-order valence-electron chi connectivity index (χ4n) is 4.67. The molecule has 1 saturated heterocycles. The number of alkyl halides is 3. The quantitative estimate of drug-likeness (QED) is 0.584. The Labute approximate surface area is 182 Å². The minimum atomic E-state index is -4.44. The fourth-order valence-corrected chi connectivity index (χ4v) is 4.67. The molecular weight excluding hydrogens is 419 g/mol. The minimum Gasteiger partial charge on any atom is -0.472 e. The van der Waals surface area contributed by atoms with Gasteiger partial charge < -0.3 is 9.64 Å². The number of rotatable bonds is 4. The molecule has 2 fully saturated rings. The molecule has 32 heavy (non-hydrogen) atoms. The Hall–Kier alpha value is -3.42. The summed E-state index contributed by atoms with van der Waals surface area (Å²) in [5.74, 6) is 0.342. The third-order valence-corrected chi connectivity index (χ3v) is 6.12. The molecule has 1 aromatic carbocycles. The Morgan fingerprint density at radius 3 is 2.50 bits per heavy atom. The van der Waals surface area contributed by atoms with E-state index in [0.29, 0.717) is 18.0 Å². The third-order valence-electron chi connectivity index (χ3n) is 6.12. The van der Waals surface area contributed by atoms with E-state index < -0.39 is 11.7 Å². The summed E-state index contributed by atoms with van der Waals surface area (Å²) in [6.07, 6.45) is -0.725. The van der Waals surface area contributed by atoms with Gasteiger partial charge in [0.25, 0.3) is 5.91 Å². The van der Waals surface area contributed by atoms with Crippen molar-refractivity contribution in [3.63, 3.8) is 0 Å². The van der Waals surface area contributed by atoms with Crippen molar-refractivity contribution < 1.29 is 22.7 Å². The van der Waals surface area contributed by atoms with Crippen molar-refractivity contribution in [1.29, 1.82) is 0 Å². The molecule has 3 atom stereocenters. The molecule has 5 rings (SSSR count). The van der Waals surface area contributed by atoms with Crippen molar-refractivity contribution in [3.05, 3.63) is 78.1 Å². The van der Waals surface area contributed by atoms with Crippen LogP contribution in [0, 0.1) is 5.92 Å². The molecule has 2 bridgehead atoms. The normalized spacial score (nSPS) is 22.2. The molecule has 1 saturated carbocycles. The van der Waals surface area contributed by atoms with Gasteiger partial charge >= 0.3 is 6.18 Å². The van der Waals surface area contributed by atoms with Gasteiger partial charge in [0.15, 0.2) is 0 Å². The summed E-state index contributed by atoms with van der Waals surface area (Å²) in [6, 6.07) is 15.0. The molecular formula is C24H20F3N3O2. The molecule has 0 radical (unpaired) electrons. The van der Waals surface area contributed by atoms with Crippen LogP contribution in [0.2, 0.25) is 0 Å². The zero-order chi connectivity index (χ0) is 22.3. The molecule has 2 aliphatic rings. The van der Waals surface area contributed by atoms with E-state index in [0.717, 1.165) is 36.4 Å². The van der Waals surface area contributed by atoms with Crippen LogP contribution < -0.4 is 4.74 Å². The largest absolute Gasteiger partial charge is 0.472 e. The van der Waals surface area contributed by atoms with Crippen LogP contribution in [0.4, 0.5) is 13.2 Å². The van der Waals surface area contributed by atoms with Crippen LogP contribution in [0.15, 0.2) is 67.0 Å². The molecule has 164 valence electrons. The topological polar surface area (TPSA) is 55.3 Å². The molecule has 0 N–H and O–H groups in total. The van der Waals surface area contributed by atoms with Crippen LogP contribution in [0.3, 0.4) is 0 Å². The molecule has 8 heteroatoms. The van der Waals surface area contributed by atoms with Crippen molar-refractivity contribution in [2.24, 2.45) is 5.92 Å². The van der Waals surface area contributed by atoms with Crippen molar-refractivity contribution in [1.82, 2.24) is 14.9 Å². The lowest BCUT2D eigenvalue weighted by molar-refractivity contribution is -0.137. The van der Waals surface area contributed by atoms with Crippen LogP contribution in [0.1, 0.15) is 28.8 Å². The zero-order valence-corrected chi connectivity index (χ0v) is 17.0. The van der Waals surface area contributed by atoms with E-state index in [2.05, 4.69) is 9.97 Å². The fraction of sp³-hybridized carbons (Fsp3) is 0.292. The highest BCUT2D eigenvalue weighted by Crippen LogP contribution is 2.41. The van der Waals surface area contributed by atoms with Crippen LogP contribution in [-0.2, 0) is 6.18 Å². The molecule has 5 nitrogen and oxygen atoms in total. The number of carbonyl (C=O) groups excluding carboxylic acids is 1. The first-order valence-corrected chi connectivity index (χ1v) is 10.4.